The smallest absolute Gasteiger partial charge is 0.335 e. The van der Waals surface area contributed by atoms with Gasteiger partial charge >= 0.3 is 11.9 Å². The second-order valence-electron chi connectivity index (χ2n) is 6.79. The molecule has 1 heterocycles. The van der Waals surface area contributed by atoms with E-state index in [9.17, 15) is 45.6 Å². The van der Waals surface area contributed by atoms with E-state index < -0.39 is 72.4 Å². The van der Waals surface area contributed by atoms with Crippen molar-refractivity contribution in [2.45, 2.75) is 18.4 Å². The van der Waals surface area contributed by atoms with Crippen molar-refractivity contribution >= 4 is 37.9 Å². The summed E-state index contributed by atoms with van der Waals surface area (Å²) in [5, 5.41) is 9.45. The molecular formula is C17H14AlF4N5O5S. The number of halogens is 4. The van der Waals surface area contributed by atoms with Crippen molar-refractivity contribution in [1.82, 2.24) is 9.24 Å². The summed E-state index contributed by atoms with van der Waals surface area (Å²) in [6.07, 6.45) is -4.56. The maximum absolute atomic E-state index is 14.7. The van der Waals surface area contributed by atoms with Crippen molar-refractivity contribution in [3.05, 3.63) is 56.1 Å². The molecule has 1 aromatic carbocycles. The highest BCUT2D eigenvalue weighted by molar-refractivity contribution is 7.92. The third-order valence-corrected chi connectivity index (χ3v) is 6.13. The summed E-state index contributed by atoms with van der Waals surface area (Å²) in [6.45, 7) is 1.37. The molecule has 2 rings (SSSR count). The number of nitrogens with two attached hydrogens (primary N) is 1. The Morgan fingerprint density at radius 1 is 1.30 bits per heavy atom. The van der Waals surface area contributed by atoms with Crippen LogP contribution in [-0.4, -0.2) is 46.1 Å². The molecule has 0 fully saturated rings. The van der Waals surface area contributed by atoms with Crippen LogP contribution in [-0.2, 0) is 21.0 Å². The van der Waals surface area contributed by atoms with Gasteiger partial charge in [-0.25, -0.2) is 31.2 Å². The molecule has 0 aliphatic carbocycles. The van der Waals surface area contributed by atoms with Gasteiger partial charge in [-0.15, -0.1) is 5.28 Å². The normalized spacial score (nSPS) is 12.8. The van der Waals surface area contributed by atoms with Crippen LogP contribution in [0.3, 0.4) is 0 Å². The van der Waals surface area contributed by atoms with Crippen molar-refractivity contribution in [3.63, 3.8) is 0 Å². The second-order valence-corrected chi connectivity index (χ2v) is 9.09. The van der Waals surface area contributed by atoms with Gasteiger partial charge in [0.25, 0.3) is 5.56 Å². The zero-order chi connectivity index (χ0) is 25.5. The number of nitrogen functional groups attached to an aromatic ring is 1. The molecule has 0 aliphatic rings. The zero-order valence-electron chi connectivity index (χ0n) is 16.9. The predicted molar refractivity (Wildman–Crippen MR) is 108 cm³/mol. The fraction of sp³-hybridized carbons (Fsp3) is 0.294. The molecule has 2 aromatic rings. The first kappa shape index (κ1) is 26.1. The monoisotopic (exact) mass is 503 g/mol. The first-order chi connectivity index (χ1) is 15.1. The standard InChI is InChI=1S/C17H14F4N5O5S.Al/c1-8(2)15(28)26(32(3,30)31)11-5-12(10(18)4-9(11)7-22)24-14(27)6-13(17(19,20)21)25(23)16(24)29;/h4-6,8H,1,23H2,2-3H3;. The minimum atomic E-state index is -5.19. The number of benzene rings is 1. The average molecular weight is 503 g/mol. The van der Waals surface area contributed by atoms with E-state index in [1.54, 1.807) is 0 Å². The Balaban J connectivity index is 2.97. The van der Waals surface area contributed by atoms with Gasteiger partial charge in [0, 0.05) is 12.0 Å². The molecule has 16 heteroatoms. The summed E-state index contributed by atoms with van der Waals surface area (Å²) >= 11 is 2.21. The summed E-state index contributed by atoms with van der Waals surface area (Å²) < 4.78 is 78.1. The van der Waals surface area contributed by atoms with Crippen molar-refractivity contribution in [2.24, 2.45) is 5.92 Å². The molecule has 1 unspecified atom stereocenters. The number of carbonyl (C=O) groups excluding carboxylic acids is 1. The summed E-state index contributed by atoms with van der Waals surface area (Å²) in [4.78, 5) is 37.4. The second kappa shape index (κ2) is 9.01. The van der Waals surface area contributed by atoms with E-state index in [1.165, 1.54) is 13.0 Å². The van der Waals surface area contributed by atoms with E-state index in [4.69, 9.17) is 5.84 Å². The SMILES string of the molecule is CC([CH2][Al])C(=O)N(c1cc(-n2c(=O)cc(C(F)(F)F)n(N)c2=O)c(F)cc1C#N)S(C)(=O)=O. The number of amides is 1. The van der Waals surface area contributed by atoms with Crippen LogP contribution in [0, 0.1) is 23.1 Å². The van der Waals surface area contributed by atoms with Crippen molar-refractivity contribution < 1.29 is 30.8 Å². The van der Waals surface area contributed by atoms with Gasteiger partial charge in [0.1, 0.15) is 28.2 Å². The lowest BCUT2D eigenvalue weighted by Crippen LogP contribution is -2.45. The molecule has 0 aliphatic heterocycles. The van der Waals surface area contributed by atoms with Crippen LogP contribution in [0.25, 0.3) is 5.69 Å². The van der Waals surface area contributed by atoms with Gasteiger partial charge < -0.3 is 5.84 Å². The fourth-order valence-corrected chi connectivity index (χ4v) is 3.95. The van der Waals surface area contributed by atoms with Crippen LogP contribution in [0.1, 0.15) is 18.2 Å². The molecule has 0 saturated carbocycles. The van der Waals surface area contributed by atoms with Crippen molar-refractivity contribution in [3.8, 4) is 11.8 Å². The Kier molecular flexibility index (Phi) is 7.13. The Morgan fingerprint density at radius 2 is 1.88 bits per heavy atom. The molecule has 174 valence electrons. The van der Waals surface area contributed by atoms with Crippen LogP contribution in [0.2, 0.25) is 5.28 Å². The molecule has 1 amide bonds. The van der Waals surface area contributed by atoms with Gasteiger partial charge in [-0.1, -0.05) is 6.92 Å². The van der Waals surface area contributed by atoms with Crippen LogP contribution >= 0.6 is 0 Å². The lowest BCUT2D eigenvalue weighted by atomic mass is 10.1. The number of nitriles is 1. The van der Waals surface area contributed by atoms with Gasteiger partial charge in [0.15, 0.2) is 5.69 Å². The van der Waals surface area contributed by atoms with Crippen LogP contribution in [0.4, 0.5) is 23.2 Å². The van der Waals surface area contributed by atoms with Crippen LogP contribution in [0.15, 0.2) is 27.8 Å². The summed E-state index contributed by atoms with van der Waals surface area (Å²) in [7, 11) is -4.41. The number of alkyl halides is 3. The lowest BCUT2D eigenvalue weighted by Gasteiger charge is -2.25. The molecule has 0 bridgehead atoms. The summed E-state index contributed by atoms with van der Waals surface area (Å²) in [6, 6.07) is 2.40. The highest BCUT2D eigenvalue weighted by Crippen LogP contribution is 2.30. The number of carbonyl (C=O) groups is 1. The van der Waals surface area contributed by atoms with Crippen molar-refractivity contribution in [2.75, 3.05) is 16.4 Å². The summed E-state index contributed by atoms with van der Waals surface area (Å²) in [5.74, 6) is 1.79. The van der Waals surface area contributed by atoms with Gasteiger partial charge in [-0.3, -0.25) is 9.59 Å². The van der Waals surface area contributed by atoms with Gasteiger partial charge in [0.05, 0.1) is 23.2 Å². The molecule has 0 spiro atoms. The number of rotatable bonds is 5. The Morgan fingerprint density at radius 3 is 2.33 bits per heavy atom. The van der Waals surface area contributed by atoms with Crippen molar-refractivity contribution in [1.29, 1.82) is 5.26 Å². The van der Waals surface area contributed by atoms with Gasteiger partial charge in [0.2, 0.25) is 15.9 Å². The third-order valence-electron chi connectivity index (χ3n) is 4.38. The molecule has 1 atom stereocenters. The Hall–Kier alpha value is -3.14. The Labute approximate surface area is 191 Å². The molecule has 2 radical (unpaired) electrons. The Bertz CT molecular complexity index is 1390. The molecule has 33 heavy (non-hydrogen) atoms. The van der Waals surface area contributed by atoms with Gasteiger partial charge in [-0.05, 0) is 12.1 Å². The first-order valence-corrected chi connectivity index (χ1v) is 11.4. The van der Waals surface area contributed by atoms with E-state index in [2.05, 4.69) is 16.3 Å². The summed E-state index contributed by atoms with van der Waals surface area (Å²) in [5.41, 5.74) is -7.64. The van der Waals surface area contributed by atoms with Gasteiger partial charge in [-0.2, -0.15) is 18.4 Å². The topological polar surface area (TPSA) is 148 Å². The van der Waals surface area contributed by atoms with Crippen LogP contribution < -0.4 is 21.4 Å². The van der Waals surface area contributed by atoms with E-state index in [0.29, 0.717) is 18.4 Å². The number of nitrogens with zero attached hydrogens (tertiary/aromatic N) is 4. The molecule has 2 N–H and O–H groups in total. The van der Waals surface area contributed by atoms with E-state index in [1.807, 2.05) is 0 Å². The third kappa shape index (κ3) is 4.95. The van der Waals surface area contributed by atoms with Crippen LogP contribution in [0.5, 0.6) is 0 Å². The largest absolute Gasteiger partial charge is 0.433 e. The van der Waals surface area contributed by atoms with E-state index in [0.717, 1.165) is 0 Å². The lowest BCUT2D eigenvalue weighted by molar-refractivity contribution is -0.143. The molecule has 1 aromatic heterocycles. The minimum Gasteiger partial charge on any atom is -0.335 e. The number of aromatic nitrogens is 2. The molecule has 10 nitrogen and oxygen atoms in total. The highest BCUT2D eigenvalue weighted by Gasteiger charge is 2.36. The minimum absolute atomic E-state index is 0.0609. The average Bonchev–Trinajstić information content (AvgIpc) is 2.69. The number of hydrogen-bond acceptors (Lipinski definition) is 7. The quantitative estimate of drug-likeness (QED) is 0.350. The predicted octanol–water partition coefficient (Wildman–Crippen LogP) is 0.258. The number of sulfonamides is 1. The number of hydrogen-bond donors (Lipinski definition) is 1. The first-order valence-electron chi connectivity index (χ1n) is 8.75. The maximum atomic E-state index is 14.7. The highest BCUT2D eigenvalue weighted by atomic mass is 32.2. The molecule has 0 saturated heterocycles. The molecular weight excluding hydrogens is 489 g/mol. The fourth-order valence-electron chi connectivity index (χ4n) is 2.74. The maximum Gasteiger partial charge on any atom is 0.433 e. The van der Waals surface area contributed by atoms with E-state index >= 15 is 0 Å². The number of anilines is 1. The zero-order valence-corrected chi connectivity index (χ0v) is 18.9. The van der Waals surface area contributed by atoms with E-state index in [-0.39, 0.29) is 20.2 Å².